The minimum absolute atomic E-state index is 0.00461. The molecule has 8 heteroatoms. The number of nitrogens with zero attached hydrogens (tertiary/aromatic N) is 4. The third-order valence-electron chi connectivity index (χ3n) is 4.70. The van der Waals surface area contributed by atoms with Crippen LogP contribution < -0.4 is 10.6 Å². The molecule has 4 rings (SSSR count). The lowest BCUT2D eigenvalue weighted by molar-refractivity contribution is -0.130. The van der Waals surface area contributed by atoms with Gasteiger partial charge < -0.3 is 15.5 Å². The first-order chi connectivity index (χ1) is 11.5. The second kappa shape index (κ2) is 5.62. The number of alkyl halides is 2. The van der Waals surface area contributed by atoms with Crippen molar-refractivity contribution in [2.45, 2.75) is 24.9 Å². The van der Waals surface area contributed by atoms with Crippen LogP contribution in [-0.2, 0) is 4.79 Å². The van der Waals surface area contributed by atoms with E-state index in [0.717, 1.165) is 5.39 Å². The van der Waals surface area contributed by atoms with Crippen molar-refractivity contribution < 1.29 is 13.6 Å². The largest absolute Gasteiger partial charge is 0.352 e. The summed E-state index contributed by atoms with van der Waals surface area (Å²) in [4.78, 5) is 23.8. The number of nitrogens with two attached hydrogens (primary N) is 1. The molecule has 0 aliphatic carbocycles. The number of piperazine rings is 1. The zero-order valence-electron chi connectivity index (χ0n) is 12.9. The highest BCUT2D eigenvalue weighted by Gasteiger charge is 2.41. The zero-order valence-corrected chi connectivity index (χ0v) is 12.9. The lowest BCUT2D eigenvalue weighted by Gasteiger charge is -2.38. The summed E-state index contributed by atoms with van der Waals surface area (Å²) < 4.78 is 26.3. The van der Waals surface area contributed by atoms with Crippen LogP contribution in [0, 0.1) is 0 Å². The average Bonchev–Trinajstić information content (AvgIpc) is 2.87. The molecule has 2 aliphatic rings. The van der Waals surface area contributed by atoms with E-state index in [-0.39, 0.29) is 11.9 Å². The summed E-state index contributed by atoms with van der Waals surface area (Å²) in [6.07, 6.45) is -2.14. The molecular formula is C16H17F2N5O. The fourth-order valence-electron chi connectivity index (χ4n) is 3.56. The van der Waals surface area contributed by atoms with E-state index in [1.807, 2.05) is 17.0 Å². The Morgan fingerprint density at radius 3 is 2.79 bits per heavy atom. The van der Waals surface area contributed by atoms with E-state index in [2.05, 4.69) is 9.97 Å². The Hall–Kier alpha value is -2.35. The van der Waals surface area contributed by atoms with Crippen LogP contribution >= 0.6 is 0 Å². The van der Waals surface area contributed by atoms with E-state index in [1.54, 1.807) is 17.0 Å². The van der Waals surface area contributed by atoms with E-state index in [9.17, 15) is 13.6 Å². The van der Waals surface area contributed by atoms with Crippen LogP contribution in [0.5, 0.6) is 0 Å². The Balaban J connectivity index is 1.73. The number of hydrogen-bond acceptors (Lipinski definition) is 5. The van der Waals surface area contributed by atoms with Crippen molar-refractivity contribution in [2.75, 3.05) is 24.5 Å². The summed E-state index contributed by atoms with van der Waals surface area (Å²) in [5.41, 5.74) is 6.34. The van der Waals surface area contributed by atoms with Gasteiger partial charge in [0.05, 0.1) is 17.6 Å². The Bertz CT molecular complexity index is 799. The van der Waals surface area contributed by atoms with Crippen LogP contribution in [0.1, 0.15) is 18.7 Å². The van der Waals surface area contributed by atoms with Crippen LogP contribution in [0.3, 0.4) is 0 Å². The maximum absolute atomic E-state index is 13.1. The molecule has 0 bridgehead atoms. The first kappa shape index (κ1) is 15.2. The highest BCUT2D eigenvalue weighted by atomic mass is 19.3. The summed E-state index contributed by atoms with van der Waals surface area (Å²) in [7, 11) is 0. The number of halogens is 2. The standard InChI is InChI=1S/C16H17F2N5O/c17-13(18)14-20-12-4-2-1-3-10(12)15(21-14)22-5-6-23-9(8-22)7-11(19)16(23)24/h1-4,9,11,13H,5-8,19H2. The molecule has 3 heterocycles. The molecule has 2 N–H and O–H groups in total. The third kappa shape index (κ3) is 2.37. The number of fused-ring (bicyclic) bond motifs is 2. The molecule has 2 unspecified atom stereocenters. The van der Waals surface area contributed by atoms with E-state index in [0.29, 0.717) is 37.4 Å². The number of anilines is 1. The second-order valence-electron chi connectivity index (χ2n) is 6.20. The van der Waals surface area contributed by atoms with Crippen LogP contribution in [0.4, 0.5) is 14.6 Å². The number of carbonyl (C=O) groups excluding carboxylic acids is 1. The van der Waals surface area contributed by atoms with Crippen LogP contribution in [0.25, 0.3) is 10.9 Å². The molecule has 2 fully saturated rings. The Labute approximate surface area is 137 Å². The highest BCUT2D eigenvalue weighted by Crippen LogP contribution is 2.30. The van der Waals surface area contributed by atoms with Gasteiger partial charge >= 0.3 is 0 Å². The van der Waals surface area contributed by atoms with Gasteiger partial charge in [0, 0.05) is 25.0 Å². The van der Waals surface area contributed by atoms with Gasteiger partial charge in [-0.05, 0) is 18.6 Å². The molecule has 126 valence electrons. The molecule has 2 atom stereocenters. The molecular weight excluding hydrogens is 316 g/mol. The smallest absolute Gasteiger partial charge is 0.297 e. The van der Waals surface area contributed by atoms with E-state index in [1.165, 1.54) is 0 Å². The van der Waals surface area contributed by atoms with E-state index in [4.69, 9.17) is 5.73 Å². The predicted octanol–water partition coefficient (Wildman–Crippen LogP) is 1.32. The quantitative estimate of drug-likeness (QED) is 0.897. The van der Waals surface area contributed by atoms with Gasteiger partial charge in [-0.2, -0.15) is 0 Å². The lowest BCUT2D eigenvalue weighted by atomic mass is 10.1. The predicted molar refractivity (Wildman–Crippen MR) is 84.8 cm³/mol. The van der Waals surface area contributed by atoms with Gasteiger partial charge in [0.25, 0.3) is 6.43 Å². The van der Waals surface area contributed by atoms with Crippen molar-refractivity contribution in [3.63, 3.8) is 0 Å². The number of hydrogen-bond donors (Lipinski definition) is 1. The number of aromatic nitrogens is 2. The Morgan fingerprint density at radius 1 is 1.21 bits per heavy atom. The first-order valence-electron chi connectivity index (χ1n) is 7.90. The SMILES string of the molecule is NC1CC2CN(c3nc(C(F)F)nc4ccccc34)CCN2C1=O. The van der Waals surface area contributed by atoms with Gasteiger partial charge in [0.2, 0.25) is 5.91 Å². The van der Waals surface area contributed by atoms with Gasteiger partial charge in [0.1, 0.15) is 5.82 Å². The molecule has 24 heavy (non-hydrogen) atoms. The lowest BCUT2D eigenvalue weighted by Crippen LogP contribution is -2.52. The number of carbonyl (C=O) groups is 1. The highest BCUT2D eigenvalue weighted by molar-refractivity contribution is 5.90. The summed E-state index contributed by atoms with van der Waals surface area (Å²) in [6.45, 7) is 1.61. The van der Waals surface area contributed by atoms with Gasteiger partial charge in [-0.25, -0.2) is 18.7 Å². The molecule has 2 saturated heterocycles. The Kier molecular flexibility index (Phi) is 3.56. The molecule has 1 amide bonds. The van der Waals surface area contributed by atoms with Crippen molar-refractivity contribution in [3.8, 4) is 0 Å². The fourth-order valence-corrected chi connectivity index (χ4v) is 3.56. The Morgan fingerprint density at radius 2 is 2.00 bits per heavy atom. The number of benzene rings is 1. The average molecular weight is 333 g/mol. The van der Waals surface area contributed by atoms with Crippen LogP contribution in [-0.4, -0.2) is 52.5 Å². The topological polar surface area (TPSA) is 75.3 Å². The maximum Gasteiger partial charge on any atom is 0.297 e. The zero-order chi connectivity index (χ0) is 16.8. The fraction of sp³-hybridized carbons (Fsp3) is 0.438. The van der Waals surface area contributed by atoms with Crippen LogP contribution in [0.15, 0.2) is 24.3 Å². The third-order valence-corrected chi connectivity index (χ3v) is 4.70. The van der Waals surface area contributed by atoms with Crippen LogP contribution in [0.2, 0.25) is 0 Å². The van der Waals surface area contributed by atoms with Crippen molar-refractivity contribution >= 4 is 22.6 Å². The van der Waals surface area contributed by atoms with Gasteiger partial charge in [-0.15, -0.1) is 0 Å². The van der Waals surface area contributed by atoms with Crippen molar-refractivity contribution in [1.29, 1.82) is 0 Å². The minimum Gasteiger partial charge on any atom is -0.352 e. The van der Waals surface area contributed by atoms with E-state index < -0.39 is 18.3 Å². The maximum atomic E-state index is 13.1. The molecule has 2 aromatic rings. The molecule has 0 radical (unpaired) electrons. The summed E-state index contributed by atoms with van der Waals surface area (Å²) >= 11 is 0. The van der Waals surface area contributed by atoms with Crippen molar-refractivity contribution in [3.05, 3.63) is 30.1 Å². The van der Waals surface area contributed by atoms with Gasteiger partial charge in [0.15, 0.2) is 5.82 Å². The summed E-state index contributed by atoms with van der Waals surface area (Å²) in [6, 6.07) is 6.68. The van der Waals surface area contributed by atoms with Gasteiger partial charge in [-0.1, -0.05) is 12.1 Å². The van der Waals surface area contributed by atoms with E-state index >= 15 is 0 Å². The normalized spacial score (nSPS) is 24.1. The minimum atomic E-state index is -2.73. The molecule has 2 aliphatic heterocycles. The summed E-state index contributed by atoms with van der Waals surface area (Å²) in [5.74, 6) is 0.00858. The molecule has 6 nitrogen and oxygen atoms in total. The summed E-state index contributed by atoms with van der Waals surface area (Å²) in [5, 5.41) is 0.740. The molecule has 0 spiro atoms. The van der Waals surface area contributed by atoms with Crippen molar-refractivity contribution in [2.24, 2.45) is 5.73 Å². The number of para-hydroxylation sites is 1. The first-order valence-corrected chi connectivity index (χ1v) is 7.90. The second-order valence-corrected chi connectivity index (χ2v) is 6.20. The molecule has 1 aromatic heterocycles. The molecule has 1 aromatic carbocycles. The molecule has 0 saturated carbocycles. The number of amides is 1. The van der Waals surface area contributed by atoms with Crippen molar-refractivity contribution in [1.82, 2.24) is 14.9 Å². The van der Waals surface area contributed by atoms with Gasteiger partial charge in [-0.3, -0.25) is 4.79 Å². The number of rotatable bonds is 2. The monoisotopic (exact) mass is 333 g/mol.